The maximum absolute atomic E-state index is 13.3. The fourth-order valence-corrected chi connectivity index (χ4v) is 2.56. The molecule has 1 amide bonds. The predicted molar refractivity (Wildman–Crippen MR) is 85.7 cm³/mol. The van der Waals surface area contributed by atoms with Crippen LogP contribution in [0.25, 0.3) is 0 Å². The Morgan fingerprint density at radius 1 is 1.48 bits per heavy atom. The van der Waals surface area contributed by atoms with Crippen LogP contribution in [0, 0.1) is 5.82 Å². The Kier molecular flexibility index (Phi) is 5.46. The highest BCUT2D eigenvalue weighted by Gasteiger charge is 2.27. The fourth-order valence-electron chi connectivity index (χ4n) is 2.56. The van der Waals surface area contributed by atoms with Gasteiger partial charge in [0.2, 0.25) is 0 Å². The van der Waals surface area contributed by atoms with Crippen LogP contribution < -0.4 is 5.32 Å². The van der Waals surface area contributed by atoms with Crippen molar-refractivity contribution in [2.24, 2.45) is 0 Å². The molecule has 23 heavy (non-hydrogen) atoms. The van der Waals surface area contributed by atoms with Gasteiger partial charge >= 0.3 is 6.09 Å². The second-order valence-corrected chi connectivity index (χ2v) is 6.93. The monoisotopic (exact) mass is 324 g/mol. The molecule has 1 atom stereocenters. The molecule has 2 N–H and O–H groups in total. The van der Waals surface area contributed by atoms with Crippen molar-refractivity contribution in [2.45, 2.75) is 51.8 Å². The summed E-state index contributed by atoms with van der Waals surface area (Å²) in [7, 11) is 0. The highest BCUT2D eigenvalue weighted by atomic mass is 19.1. The molecule has 0 saturated carbocycles. The van der Waals surface area contributed by atoms with Crippen LogP contribution in [0.15, 0.2) is 18.2 Å². The number of phenolic OH excluding ortho intramolecular Hbond substituents is 1. The van der Waals surface area contributed by atoms with Crippen LogP contribution in [0.5, 0.6) is 5.75 Å². The van der Waals surface area contributed by atoms with Crippen molar-refractivity contribution in [3.05, 3.63) is 29.6 Å². The van der Waals surface area contributed by atoms with Crippen molar-refractivity contribution in [2.75, 3.05) is 13.1 Å². The molecule has 128 valence electrons. The third-order valence-electron chi connectivity index (χ3n) is 3.68. The largest absolute Gasteiger partial charge is 0.505 e. The number of carbonyl (C=O) groups is 1. The summed E-state index contributed by atoms with van der Waals surface area (Å²) in [5, 5.41) is 12.5. The van der Waals surface area contributed by atoms with Gasteiger partial charge in [0, 0.05) is 25.7 Å². The maximum Gasteiger partial charge on any atom is 0.410 e. The Bertz CT molecular complexity index is 557. The van der Waals surface area contributed by atoms with Crippen molar-refractivity contribution >= 4 is 6.09 Å². The third kappa shape index (κ3) is 5.39. The van der Waals surface area contributed by atoms with E-state index < -0.39 is 11.4 Å². The van der Waals surface area contributed by atoms with Crippen molar-refractivity contribution < 1.29 is 19.0 Å². The number of nitrogens with zero attached hydrogens (tertiary/aromatic N) is 1. The first-order valence-corrected chi connectivity index (χ1v) is 7.93. The molecule has 0 spiro atoms. The number of likely N-dealkylation sites (tertiary alicyclic amines) is 1. The van der Waals surface area contributed by atoms with Crippen molar-refractivity contribution in [3.63, 3.8) is 0 Å². The van der Waals surface area contributed by atoms with E-state index in [2.05, 4.69) is 5.32 Å². The summed E-state index contributed by atoms with van der Waals surface area (Å²) >= 11 is 0. The van der Waals surface area contributed by atoms with Crippen LogP contribution in [-0.4, -0.2) is 40.8 Å². The van der Waals surface area contributed by atoms with E-state index in [0.717, 1.165) is 18.4 Å². The average Bonchev–Trinajstić information content (AvgIpc) is 2.47. The van der Waals surface area contributed by atoms with Gasteiger partial charge in [0.15, 0.2) is 11.6 Å². The highest BCUT2D eigenvalue weighted by molar-refractivity contribution is 5.68. The van der Waals surface area contributed by atoms with Gasteiger partial charge in [-0.05, 0) is 51.3 Å². The lowest BCUT2D eigenvalue weighted by molar-refractivity contribution is 0.0187. The zero-order valence-electron chi connectivity index (χ0n) is 13.9. The predicted octanol–water partition coefficient (Wildman–Crippen LogP) is 3.02. The minimum atomic E-state index is -0.622. The number of amides is 1. The normalized spacial score (nSPS) is 18.8. The summed E-state index contributed by atoms with van der Waals surface area (Å²) < 4.78 is 18.7. The van der Waals surface area contributed by atoms with Gasteiger partial charge in [0.1, 0.15) is 5.60 Å². The number of piperidine rings is 1. The number of carbonyl (C=O) groups excluding carboxylic acids is 1. The van der Waals surface area contributed by atoms with Gasteiger partial charge in [0.25, 0.3) is 0 Å². The number of hydrogen-bond acceptors (Lipinski definition) is 4. The number of rotatable bonds is 3. The Hall–Kier alpha value is -1.82. The SMILES string of the molecule is CC(C)(C)OC(=O)N1CCCC(NCc2ccc(O)c(F)c2)C1. The van der Waals surface area contributed by atoms with E-state index in [1.54, 1.807) is 11.0 Å². The van der Waals surface area contributed by atoms with E-state index in [-0.39, 0.29) is 17.9 Å². The molecule has 1 fully saturated rings. The molecule has 1 aliphatic rings. The van der Waals surface area contributed by atoms with E-state index in [4.69, 9.17) is 4.74 Å². The number of halogens is 1. The van der Waals surface area contributed by atoms with Gasteiger partial charge in [-0.3, -0.25) is 0 Å². The molecule has 6 heteroatoms. The van der Waals surface area contributed by atoms with E-state index in [9.17, 15) is 14.3 Å². The molecular weight excluding hydrogens is 299 g/mol. The van der Waals surface area contributed by atoms with Gasteiger partial charge in [-0.2, -0.15) is 0 Å². The molecule has 0 aromatic heterocycles. The summed E-state index contributed by atoms with van der Waals surface area (Å²) in [4.78, 5) is 13.8. The smallest absolute Gasteiger partial charge is 0.410 e. The first-order valence-electron chi connectivity index (χ1n) is 7.93. The van der Waals surface area contributed by atoms with Crippen molar-refractivity contribution in [1.29, 1.82) is 0 Å². The zero-order chi connectivity index (χ0) is 17.0. The number of nitrogens with one attached hydrogen (secondary N) is 1. The van der Waals surface area contributed by atoms with Gasteiger partial charge in [-0.25, -0.2) is 9.18 Å². The van der Waals surface area contributed by atoms with E-state index >= 15 is 0 Å². The summed E-state index contributed by atoms with van der Waals surface area (Å²) in [6.07, 6.45) is 1.57. The minimum Gasteiger partial charge on any atom is -0.505 e. The second-order valence-electron chi connectivity index (χ2n) is 6.93. The van der Waals surface area contributed by atoms with Crippen LogP contribution in [0.1, 0.15) is 39.2 Å². The van der Waals surface area contributed by atoms with E-state index in [1.807, 2.05) is 20.8 Å². The standard InChI is InChI=1S/C17H25FN2O3/c1-17(2,3)23-16(22)20-8-4-5-13(11-20)19-10-12-6-7-15(21)14(18)9-12/h6-7,9,13,19,21H,4-5,8,10-11H2,1-3H3. The summed E-state index contributed by atoms with van der Waals surface area (Å²) in [5.41, 5.74) is 0.260. The highest BCUT2D eigenvalue weighted by Crippen LogP contribution is 2.18. The summed E-state index contributed by atoms with van der Waals surface area (Å²) in [6.45, 7) is 7.32. The number of ether oxygens (including phenoxy) is 1. The first-order chi connectivity index (χ1) is 10.7. The molecule has 0 bridgehead atoms. The molecular formula is C17H25FN2O3. The van der Waals surface area contributed by atoms with Crippen LogP contribution in [0.3, 0.4) is 0 Å². The molecule has 1 aromatic carbocycles. The van der Waals surface area contributed by atoms with Gasteiger partial charge < -0.3 is 20.1 Å². The van der Waals surface area contributed by atoms with E-state index in [1.165, 1.54) is 12.1 Å². The van der Waals surface area contributed by atoms with Crippen LogP contribution in [0.2, 0.25) is 0 Å². The molecule has 1 aliphatic heterocycles. The lowest BCUT2D eigenvalue weighted by atomic mass is 10.1. The molecule has 1 unspecified atom stereocenters. The first kappa shape index (κ1) is 17.5. The molecule has 0 radical (unpaired) electrons. The van der Waals surface area contributed by atoms with Gasteiger partial charge in [-0.15, -0.1) is 0 Å². The molecule has 1 aromatic rings. The fraction of sp³-hybridized carbons (Fsp3) is 0.588. The van der Waals surface area contributed by atoms with E-state index in [0.29, 0.717) is 19.6 Å². The number of hydrogen-bond donors (Lipinski definition) is 2. The lowest BCUT2D eigenvalue weighted by Crippen LogP contribution is -2.49. The zero-order valence-corrected chi connectivity index (χ0v) is 13.9. The molecule has 2 rings (SSSR count). The van der Waals surface area contributed by atoms with Crippen molar-refractivity contribution in [1.82, 2.24) is 10.2 Å². The third-order valence-corrected chi connectivity index (χ3v) is 3.68. The second kappa shape index (κ2) is 7.17. The Morgan fingerprint density at radius 2 is 2.22 bits per heavy atom. The Balaban J connectivity index is 1.86. The lowest BCUT2D eigenvalue weighted by Gasteiger charge is -2.34. The maximum atomic E-state index is 13.3. The van der Waals surface area contributed by atoms with Crippen LogP contribution >= 0.6 is 0 Å². The van der Waals surface area contributed by atoms with Crippen LogP contribution in [0.4, 0.5) is 9.18 Å². The van der Waals surface area contributed by atoms with Crippen LogP contribution in [-0.2, 0) is 11.3 Å². The Labute approximate surface area is 136 Å². The number of benzene rings is 1. The quantitative estimate of drug-likeness (QED) is 0.897. The number of aromatic hydroxyl groups is 1. The summed E-state index contributed by atoms with van der Waals surface area (Å²) in [5.74, 6) is -0.967. The molecule has 1 heterocycles. The molecule has 1 saturated heterocycles. The van der Waals surface area contributed by atoms with Gasteiger partial charge in [-0.1, -0.05) is 6.07 Å². The number of phenols is 1. The molecule has 0 aliphatic carbocycles. The minimum absolute atomic E-state index is 0.146. The summed E-state index contributed by atoms with van der Waals surface area (Å²) in [6, 6.07) is 4.49. The van der Waals surface area contributed by atoms with Gasteiger partial charge in [0.05, 0.1) is 0 Å². The Morgan fingerprint density at radius 3 is 2.87 bits per heavy atom. The molecule has 5 nitrogen and oxygen atoms in total. The average molecular weight is 324 g/mol. The van der Waals surface area contributed by atoms with Crippen molar-refractivity contribution in [3.8, 4) is 5.75 Å². The topological polar surface area (TPSA) is 61.8 Å².